The van der Waals surface area contributed by atoms with E-state index in [1.54, 1.807) is 18.2 Å². The fourth-order valence-electron chi connectivity index (χ4n) is 1.49. The average molecular weight is 225 g/mol. The molecular formula is C10H11NO3S. The number of nitrogens with two attached hydrogens (primary N) is 1. The van der Waals surface area contributed by atoms with E-state index in [1.165, 1.54) is 0 Å². The van der Waals surface area contributed by atoms with Crippen molar-refractivity contribution in [3.05, 3.63) is 33.5 Å². The summed E-state index contributed by atoms with van der Waals surface area (Å²) in [6.07, 6.45) is -0.213. The molecule has 1 heterocycles. The molecule has 1 unspecified atom stereocenters. The smallest absolute Gasteiger partial charge is 0.396 e. The molecule has 1 aromatic carbocycles. The first kappa shape index (κ1) is 10.4. The molecule has 2 aromatic rings. The maximum atomic E-state index is 11.1. The molecule has 1 aromatic heterocycles. The molecule has 0 saturated carbocycles. The van der Waals surface area contributed by atoms with Crippen LogP contribution in [0.4, 0.5) is 0 Å². The molecule has 0 amide bonds. The summed E-state index contributed by atoms with van der Waals surface area (Å²) in [7, 11) is 0. The summed E-state index contributed by atoms with van der Waals surface area (Å²) in [5, 5.41) is 9.79. The standard InChI is InChI=1S/C10H11NO3S/c11-5-4-7(12)6-2-1-3-8-9(6)14-10(13)15-8/h1-3,7,12H,4-5,11H2. The highest BCUT2D eigenvalue weighted by atomic mass is 32.1. The molecule has 4 nitrogen and oxygen atoms in total. The van der Waals surface area contributed by atoms with Gasteiger partial charge in [-0.05, 0) is 19.0 Å². The summed E-state index contributed by atoms with van der Waals surface area (Å²) in [6, 6.07) is 5.34. The van der Waals surface area contributed by atoms with Crippen molar-refractivity contribution in [3.8, 4) is 0 Å². The van der Waals surface area contributed by atoms with Crippen molar-refractivity contribution in [1.29, 1.82) is 0 Å². The molecule has 0 saturated heterocycles. The quantitative estimate of drug-likeness (QED) is 0.823. The van der Waals surface area contributed by atoms with Gasteiger partial charge in [-0.3, -0.25) is 0 Å². The van der Waals surface area contributed by atoms with Crippen LogP contribution in [-0.4, -0.2) is 11.7 Å². The van der Waals surface area contributed by atoms with Crippen molar-refractivity contribution in [2.24, 2.45) is 5.73 Å². The Morgan fingerprint density at radius 3 is 3.07 bits per heavy atom. The third kappa shape index (κ3) is 1.94. The molecule has 0 radical (unpaired) electrons. The first-order chi connectivity index (χ1) is 7.22. The Balaban J connectivity index is 2.54. The van der Waals surface area contributed by atoms with Gasteiger partial charge in [0.25, 0.3) is 0 Å². The molecule has 15 heavy (non-hydrogen) atoms. The van der Waals surface area contributed by atoms with Gasteiger partial charge < -0.3 is 15.3 Å². The van der Waals surface area contributed by atoms with Gasteiger partial charge in [-0.1, -0.05) is 23.5 Å². The molecule has 2 rings (SSSR count). The predicted octanol–water partition coefficient (Wildman–Crippen LogP) is 1.24. The number of benzene rings is 1. The highest BCUT2D eigenvalue weighted by Gasteiger charge is 2.14. The van der Waals surface area contributed by atoms with Crippen LogP contribution in [0.5, 0.6) is 0 Å². The number of rotatable bonds is 3. The summed E-state index contributed by atoms with van der Waals surface area (Å²) in [5.41, 5.74) is 6.48. The Labute approximate surface area is 89.9 Å². The fourth-order valence-corrected chi connectivity index (χ4v) is 2.20. The van der Waals surface area contributed by atoms with Crippen LogP contribution in [-0.2, 0) is 0 Å². The van der Waals surface area contributed by atoms with E-state index in [0.29, 0.717) is 24.1 Å². The van der Waals surface area contributed by atoms with Gasteiger partial charge in [0.1, 0.15) is 0 Å². The van der Waals surface area contributed by atoms with Crippen molar-refractivity contribution in [2.45, 2.75) is 12.5 Å². The van der Waals surface area contributed by atoms with Crippen molar-refractivity contribution in [1.82, 2.24) is 0 Å². The zero-order valence-corrected chi connectivity index (χ0v) is 8.79. The summed E-state index contributed by atoms with van der Waals surface area (Å²) in [6.45, 7) is 0.395. The number of aliphatic hydroxyl groups is 1. The lowest BCUT2D eigenvalue weighted by molar-refractivity contribution is 0.170. The average Bonchev–Trinajstić information content (AvgIpc) is 2.57. The third-order valence-corrected chi connectivity index (χ3v) is 2.98. The molecule has 0 fully saturated rings. The van der Waals surface area contributed by atoms with E-state index in [4.69, 9.17) is 10.2 Å². The van der Waals surface area contributed by atoms with E-state index in [2.05, 4.69) is 0 Å². The first-order valence-corrected chi connectivity index (χ1v) is 5.44. The van der Waals surface area contributed by atoms with E-state index >= 15 is 0 Å². The Morgan fingerprint density at radius 1 is 1.53 bits per heavy atom. The number of fused-ring (bicyclic) bond motifs is 1. The lowest BCUT2D eigenvalue weighted by atomic mass is 10.1. The highest BCUT2D eigenvalue weighted by Crippen LogP contribution is 2.27. The van der Waals surface area contributed by atoms with Gasteiger partial charge >= 0.3 is 4.94 Å². The normalized spacial score (nSPS) is 13.2. The molecule has 0 aliphatic heterocycles. The van der Waals surface area contributed by atoms with Crippen LogP contribution in [0.25, 0.3) is 10.3 Å². The number of hydrogen-bond acceptors (Lipinski definition) is 5. The molecule has 1 atom stereocenters. The van der Waals surface area contributed by atoms with Crippen LogP contribution in [0, 0.1) is 0 Å². The Hall–Kier alpha value is -1.17. The van der Waals surface area contributed by atoms with Gasteiger partial charge in [0.2, 0.25) is 0 Å². The molecule has 0 aliphatic carbocycles. The second-order valence-electron chi connectivity index (χ2n) is 3.22. The second-order valence-corrected chi connectivity index (χ2v) is 4.20. The van der Waals surface area contributed by atoms with Crippen LogP contribution >= 0.6 is 11.3 Å². The van der Waals surface area contributed by atoms with Gasteiger partial charge in [-0.2, -0.15) is 0 Å². The number of aliphatic hydroxyl groups excluding tert-OH is 1. The number of para-hydroxylation sites is 1. The minimum atomic E-state index is -0.670. The van der Waals surface area contributed by atoms with Crippen molar-refractivity contribution in [3.63, 3.8) is 0 Å². The molecular weight excluding hydrogens is 214 g/mol. The summed E-state index contributed by atoms with van der Waals surface area (Å²) < 4.78 is 5.79. The lowest BCUT2D eigenvalue weighted by Crippen LogP contribution is -2.06. The Bertz CT molecular complexity index is 517. The monoisotopic (exact) mass is 225 g/mol. The molecule has 0 bridgehead atoms. The third-order valence-electron chi connectivity index (χ3n) is 2.19. The topological polar surface area (TPSA) is 76.5 Å². The SMILES string of the molecule is NCCC(O)c1cccc2sc(=O)oc12. The van der Waals surface area contributed by atoms with Crippen LogP contribution in [0.1, 0.15) is 18.1 Å². The van der Waals surface area contributed by atoms with E-state index in [9.17, 15) is 9.90 Å². The van der Waals surface area contributed by atoms with Gasteiger partial charge in [0.05, 0.1) is 10.8 Å². The Kier molecular flexibility index (Phi) is 2.86. The van der Waals surface area contributed by atoms with Gasteiger partial charge in [0, 0.05) is 5.56 Å². The highest BCUT2D eigenvalue weighted by molar-refractivity contribution is 7.16. The maximum absolute atomic E-state index is 11.1. The summed E-state index contributed by atoms with van der Waals surface area (Å²) >= 11 is 1.04. The van der Waals surface area contributed by atoms with E-state index in [-0.39, 0.29) is 4.94 Å². The van der Waals surface area contributed by atoms with Crippen molar-refractivity contribution < 1.29 is 9.52 Å². The van der Waals surface area contributed by atoms with Gasteiger partial charge in [-0.25, -0.2) is 4.79 Å². The Morgan fingerprint density at radius 2 is 2.33 bits per heavy atom. The second kappa shape index (κ2) is 4.14. The molecule has 3 N–H and O–H groups in total. The van der Waals surface area contributed by atoms with Crippen LogP contribution in [0.15, 0.2) is 27.4 Å². The predicted molar refractivity (Wildman–Crippen MR) is 59.0 cm³/mol. The van der Waals surface area contributed by atoms with Crippen LogP contribution in [0.2, 0.25) is 0 Å². The zero-order valence-electron chi connectivity index (χ0n) is 7.97. The minimum Gasteiger partial charge on any atom is -0.414 e. The number of hydrogen-bond donors (Lipinski definition) is 2. The van der Waals surface area contributed by atoms with Crippen molar-refractivity contribution in [2.75, 3.05) is 6.54 Å². The van der Waals surface area contributed by atoms with Crippen molar-refractivity contribution >= 4 is 21.6 Å². The zero-order chi connectivity index (χ0) is 10.8. The largest absolute Gasteiger partial charge is 0.414 e. The van der Waals surface area contributed by atoms with E-state index in [0.717, 1.165) is 16.0 Å². The molecule has 0 aliphatic rings. The fraction of sp³-hybridized carbons (Fsp3) is 0.300. The molecule has 5 heteroatoms. The summed E-state index contributed by atoms with van der Waals surface area (Å²) in [5.74, 6) is 0. The first-order valence-electron chi connectivity index (χ1n) is 4.63. The van der Waals surface area contributed by atoms with E-state index < -0.39 is 6.10 Å². The van der Waals surface area contributed by atoms with Gasteiger partial charge in [0.15, 0.2) is 5.58 Å². The molecule has 80 valence electrons. The van der Waals surface area contributed by atoms with Gasteiger partial charge in [-0.15, -0.1) is 0 Å². The summed E-state index contributed by atoms with van der Waals surface area (Å²) in [4.78, 5) is 10.7. The van der Waals surface area contributed by atoms with E-state index in [1.807, 2.05) is 0 Å². The molecule has 0 spiro atoms. The van der Waals surface area contributed by atoms with Crippen LogP contribution < -0.4 is 10.7 Å². The lowest BCUT2D eigenvalue weighted by Gasteiger charge is -2.08. The van der Waals surface area contributed by atoms with Crippen LogP contribution in [0.3, 0.4) is 0 Å². The maximum Gasteiger partial charge on any atom is 0.396 e. The minimum absolute atomic E-state index is 0.350.